The van der Waals surface area contributed by atoms with E-state index in [0.717, 1.165) is 19.0 Å². The van der Waals surface area contributed by atoms with Gasteiger partial charge in [0.25, 0.3) is 0 Å². The summed E-state index contributed by atoms with van der Waals surface area (Å²) in [4.78, 5) is 0. The van der Waals surface area contributed by atoms with Gasteiger partial charge in [-0.2, -0.15) is 0 Å². The van der Waals surface area contributed by atoms with Crippen LogP contribution in [0.3, 0.4) is 0 Å². The average Bonchev–Trinajstić information content (AvgIpc) is 2.44. The zero-order chi connectivity index (χ0) is 14.1. The van der Waals surface area contributed by atoms with E-state index in [1.165, 1.54) is 35.7 Å². The molecule has 0 aliphatic rings. The Morgan fingerprint density at radius 3 is 2.21 bits per heavy atom. The van der Waals surface area contributed by atoms with Gasteiger partial charge in [-0.3, -0.25) is 0 Å². The summed E-state index contributed by atoms with van der Waals surface area (Å²) < 4.78 is 1.17. The second-order valence-corrected chi connectivity index (χ2v) is 6.29. The first-order valence-corrected chi connectivity index (χ1v) is 8.46. The van der Waals surface area contributed by atoms with Crippen molar-refractivity contribution in [2.45, 2.75) is 52.4 Å². The fourth-order valence-corrected chi connectivity index (χ4v) is 2.81. The Bertz CT molecular complexity index is 330. The SMILES string of the molecule is CCCNCC(CC(CC)CC)c1ccc(Br)cc1. The number of nitrogens with one attached hydrogen (secondary N) is 1. The van der Waals surface area contributed by atoms with Crippen molar-refractivity contribution >= 4 is 15.9 Å². The van der Waals surface area contributed by atoms with Crippen molar-refractivity contribution in [1.29, 1.82) is 0 Å². The summed E-state index contributed by atoms with van der Waals surface area (Å²) in [6.07, 6.45) is 5.08. The fraction of sp³-hybridized carbons (Fsp3) is 0.647. The van der Waals surface area contributed by atoms with Crippen LogP contribution >= 0.6 is 15.9 Å². The summed E-state index contributed by atoms with van der Waals surface area (Å²) in [5.41, 5.74) is 1.47. The van der Waals surface area contributed by atoms with Crippen molar-refractivity contribution in [3.05, 3.63) is 34.3 Å². The Hall–Kier alpha value is -0.340. The van der Waals surface area contributed by atoms with Crippen LogP contribution in [0, 0.1) is 5.92 Å². The van der Waals surface area contributed by atoms with Gasteiger partial charge in [-0.15, -0.1) is 0 Å². The van der Waals surface area contributed by atoms with Crippen molar-refractivity contribution in [3.63, 3.8) is 0 Å². The molecular weight excluding hydrogens is 298 g/mol. The molecule has 0 amide bonds. The van der Waals surface area contributed by atoms with Gasteiger partial charge in [0.1, 0.15) is 0 Å². The Kier molecular flexibility index (Phi) is 8.40. The minimum Gasteiger partial charge on any atom is -0.316 e. The van der Waals surface area contributed by atoms with Crippen molar-refractivity contribution in [2.75, 3.05) is 13.1 Å². The van der Waals surface area contributed by atoms with Crippen molar-refractivity contribution < 1.29 is 0 Å². The van der Waals surface area contributed by atoms with Gasteiger partial charge >= 0.3 is 0 Å². The van der Waals surface area contributed by atoms with E-state index in [2.05, 4.69) is 66.3 Å². The lowest BCUT2D eigenvalue weighted by atomic mass is 9.86. The predicted octanol–water partition coefficient (Wildman–Crippen LogP) is 5.36. The largest absolute Gasteiger partial charge is 0.316 e. The highest BCUT2D eigenvalue weighted by molar-refractivity contribution is 9.10. The molecule has 1 atom stereocenters. The van der Waals surface area contributed by atoms with E-state index in [0.29, 0.717) is 5.92 Å². The molecule has 1 unspecified atom stereocenters. The number of benzene rings is 1. The van der Waals surface area contributed by atoms with Crippen LogP contribution in [0.25, 0.3) is 0 Å². The molecular formula is C17H28BrN. The van der Waals surface area contributed by atoms with Crippen molar-refractivity contribution in [2.24, 2.45) is 5.92 Å². The van der Waals surface area contributed by atoms with E-state index in [1.807, 2.05) is 0 Å². The topological polar surface area (TPSA) is 12.0 Å². The minimum absolute atomic E-state index is 0.643. The second-order valence-electron chi connectivity index (χ2n) is 5.37. The lowest BCUT2D eigenvalue weighted by Crippen LogP contribution is -2.24. The van der Waals surface area contributed by atoms with Gasteiger partial charge < -0.3 is 5.32 Å². The summed E-state index contributed by atoms with van der Waals surface area (Å²) in [5, 5.41) is 3.59. The average molecular weight is 326 g/mol. The molecule has 0 heterocycles. The molecule has 19 heavy (non-hydrogen) atoms. The van der Waals surface area contributed by atoms with Crippen LogP contribution in [0.4, 0.5) is 0 Å². The molecule has 1 rings (SSSR count). The third-order valence-corrected chi connectivity index (χ3v) is 4.46. The molecule has 0 bridgehead atoms. The third-order valence-electron chi connectivity index (χ3n) is 3.93. The van der Waals surface area contributed by atoms with Crippen molar-refractivity contribution in [1.82, 2.24) is 5.32 Å². The monoisotopic (exact) mass is 325 g/mol. The van der Waals surface area contributed by atoms with Crippen LogP contribution in [-0.2, 0) is 0 Å². The van der Waals surface area contributed by atoms with Gasteiger partial charge in [-0.05, 0) is 48.9 Å². The van der Waals surface area contributed by atoms with E-state index in [4.69, 9.17) is 0 Å². The maximum Gasteiger partial charge on any atom is 0.0175 e. The van der Waals surface area contributed by atoms with Gasteiger partial charge in [0, 0.05) is 11.0 Å². The molecule has 0 aliphatic carbocycles. The van der Waals surface area contributed by atoms with E-state index in [9.17, 15) is 0 Å². The molecule has 1 nitrogen and oxygen atoms in total. The van der Waals surface area contributed by atoms with Gasteiger partial charge in [0.05, 0.1) is 0 Å². The predicted molar refractivity (Wildman–Crippen MR) is 88.7 cm³/mol. The first-order valence-electron chi connectivity index (χ1n) is 7.67. The van der Waals surface area contributed by atoms with Crippen LogP contribution in [0.2, 0.25) is 0 Å². The molecule has 1 aromatic rings. The Morgan fingerprint density at radius 2 is 1.68 bits per heavy atom. The van der Waals surface area contributed by atoms with Gasteiger partial charge in [0.15, 0.2) is 0 Å². The minimum atomic E-state index is 0.643. The Balaban J connectivity index is 2.69. The highest BCUT2D eigenvalue weighted by atomic mass is 79.9. The van der Waals surface area contributed by atoms with Gasteiger partial charge in [0.2, 0.25) is 0 Å². The fourth-order valence-electron chi connectivity index (χ4n) is 2.55. The number of hydrogen-bond acceptors (Lipinski definition) is 1. The molecule has 108 valence electrons. The Morgan fingerprint density at radius 1 is 1.05 bits per heavy atom. The molecule has 0 aliphatic heterocycles. The molecule has 0 radical (unpaired) electrons. The highest BCUT2D eigenvalue weighted by Gasteiger charge is 2.15. The first kappa shape index (κ1) is 16.7. The number of halogens is 1. The van der Waals surface area contributed by atoms with Crippen LogP contribution in [0.1, 0.15) is 57.9 Å². The van der Waals surface area contributed by atoms with E-state index >= 15 is 0 Å². The van der Waals surface area contributed by atoms with E-state index in [1.54, 1.807) is 0 Å². The molecule has 1 N–H and O–H groups in total. The summed E-state index contributed by atoms with van der Waals surface area (Å²) in [5.74, 6) is 1.49. The molecule has 0 fully saturated rings. The zero-order valence-electron chi connectivity index (χ0n) is 12.6. The second kappa shape index (κ2) is 9.55. The van der Waals surface area contributed by atoms with E-state index < -0.39 is 0 Å². The summed E-state index contributed by atoms with van der Waals surface area (Å²) >= 11 is 3.52. The first-order chi connectivity index (χ1) is 9.21. The molecule has 0 saturated heterocycles. The third kappa shape index (κ3) is 6.09. The quantitative estimate of drug-likeness (QED) is 0.603. The zero-order valence-corrected chi connectivity index (χ0v) is 14.2. The molecule has 2 heteroatoms. The normalized spacial score (nSPS) is 12.9. The van der Waals surface area contributed by atoms with Crippen LogP contribution in [0.5, 0.6) is 0 Å². The molecule has 0 saturated carbocycles. The van der Waals surface area contributed by atoms with Crippen LogP contribution in [0.15, 0.2) is 28.7 Å². The van der Waals surface area contributed by atoms with Gasteiger partial charge in [-0.1, -0.05) is 61.7 Å². The number of rotatable bonds is 9. The molecule has 0 spiro atoms. The molecule has 0 aromatic heterocycles. The standard InChI is InChI=1S/C17H28BrN/c1-4-11-19-13-16(12-14(5-2)6-3)15-7-9-17(18)10-8-15/h7-10,14,16,19H,4-6,11-13H2,1-3H3. The van der Waals surface area contributed by atoms with Crippen molar-refractivity contribution in [3.8, 4) is 0 Å². The summed E-state index contributed by atoms with van der Waals surface area (Å²) in [6.45, 7) is 9.07. The highest BCUT2D eigenvalue weighted by Crippen LogP contribution is 2.27. The number of hydrogen-bond donors (Lipinski definition) is 1. The summed E-state index contributed by atoms with van der Waals surface area (Å²) in [7, 11) is 0. The van der Waals surface area contributed by atoms with Crippen LogP contribution in [-0.4, -0.2) is 13.1 Å². The lowest BCUT2D eigenvalue weighted by molar-refractivity contribution is 0.398. The Labute approximate surface area is 127 Å². The smallest absolute Gasteiger partial charge is 0.0175 e. The van der Waals surface area contributed by atoms with Crippen LogP contribution < -0.4 is 5.32 Å². The maximum absolute atomic E-state index is 3.59. The van der Waals surface area contributed by atoms with Gasteiger partial charge in [-0.25, -0.2) is 0 Å². The lowest BCUT2D eigenvalue weighted by Gasteiger charge is -2.23. The molecule has 1 aromatic carbocycles. The maximum atomic E-state index is 3.59. The van der Waals surface area contributed by atoms with E-state index in [-0.39, 0.29) is 0 Å². The summed E-state index contributed by atoms with van der Waals surface area (Å²) in [6, 6.07) is 8.86.